The van der Waals surface area contributed by atoms with Gasteiger partial charge >= 0.3 is 0 Å². The predicted molar refractivity (Wildman–Crippen MR) is 99.0 cm³/mol. The van der Waals surface area contributed by atoms with Gasteiger partial charge in [0.1, 0.15) is 0 Å². The molecule has 1 heterocycles. The van der Waals surface area contributed by atoms with Gasteiger partial charge in [0.2, 0.25) is 5.96 Å². The number of carbonyl (C=O) groups excluding carboxylic acids is 1. The van der Waals surface area contributed by atoms with Gasteiger partial charge in [-0.2, -0.15) is 0 Å². The van der Waals surface area contributed by atoms with Gasteiger partial charge in [0.15, 0.2) is 0 Å². The Kier molecular flexibility index (Phi) is 5.16. The maximum Gasteiger partial charge on any atom is 0.257 e. The third-order valence-corrected chi connectivity index (χ3v) is 4.30. The fraction of sp³-hybridized carbons (Fsp3) is 0.263. The largest absolute Gasteiger partial charge is 0.312 e. The molecular weight excluding hydrogens is 322 g/mol. The lowest BCUT2D eigenvalue weighted by Gasteiger charge is -2.29. The van der Waals surface area contributed by atoms with Gasteiger partial charge < -0.3 is 4.90 Å². The Hall–Kier alpha value is -2.33. The molecule has 2 aromatic carbocycles. The number of guanidine groups is 1. The number of anilines is 1. The molecule has 4 nitrogen and oxygen atoms in total. The van der Waals surface area contributed by atoms with E-state index in [-0.39, 0.29) is 5.91 Å². The molecule has 0 aliphatic carbocycles. The number of carbonyl (C=O) groups is 1. The highest BCUT2D eigenvalue weighted by atomic mass is 35.5. The Bertz CT molecular complexity index is 738. The third-order valence-electron chi connectivity index (χ3n) is 4.05. The lowest BCUT2D eigenvalue weighted by Crippen LogP contribution is -2.47. The first-order valence-electron chi connectivity index (χ1n) is 8.15. The summed E-state index contributed by atoms with van der Waals surface area (Å²) in [7, 11) is 0. The first kappa shape index (κ1) is 16.5. The second-order valence-electron chi connectivity index (χ2n) is 5.69. The van der Waals surface area contributed by atoms with Crippen LogP contribution in [0.1, 0.15) is 29.3 Å². The van der Waals surface area contributed by atoms with Crippen LogP contribution in [-0.4, -0.2) is 25.0 Å². The van der Waals surface area contributed by atoms with Crippen LogP contribution in [0.2, 0.25) is 5.02 Å². The second kappa shape index (κ2) is 7.49. The van der Waals surface area contributed by atoms with Crippen molar-refractivity contribution in [2.24, 2.45) is 4.99 Å². The van der Waals surface area contributed by atoms with Crippen molar-refractivity contribution >= 4 is 29.2 Å². The molecule has 0 atom stereocenters. The molecule has 2 aromatic rings. The zero-order valence-electron chi connectivity index (χ0n) is 13.6. The van der Waals surface area contributed by atoms with Crippen LogP contribution in [-0.2, 0) is 6.42 Å². The molecule has 0 bridgehead atoms. The molecule has 0 unspecified atom stereocenters. The Morgan fingerprint density at radius 3 is 2.54 bits per heavy atom. The molecule has 0 saturated carbocycles. The summed E-state index contributed by atoms with van der Waals surface area (Å²) in [6, 6.07) is 15.2. The van der Waals surface area contributed by atoms with Crippen molar-refractivity contribution < 1.29 is 4.79 Å². The smallest absolute Gasteiger partial charge is 0.257 e. The normalized spacial score (nSPS) is 14.2. The van der Waals surface area contributed by atoms with Gasteiger partial charge in [0, 0.05) is 29.4 Å². The molecule has 0 fully saturated rings. The van der Waals surface area contributed by atoms with Gasteiger partial charge in [-0.25, -0.2) is 0 Å². The van der Waals surface area contributed by atoms with Gasteiger partial charge in [0.25, 0.3) is 5.91 Å². The molecule has 3 rings (SSSR count). The molecule has 0 saturated heterocycles. The number of benzene rings is 2. The number of rotatable bonds is 3. The number of amides is 1. The van der Waals surface area contributed by atoms with Crippen molar-refractivity contribution in [3.05, 3.63) is 64.7 Å². The average molecular weight is 342 g/mol. The minimum Gasteiger partial charge on any atom is -0.312 e. The van der Waals surface area contributed by atoms with Crippen molar-refractivity contribution in [1.29, 1.82) is 0 Å². The fourth-order valence-electron chi connectivity index (χ4n) is 2.65. The first-order valence-corrected chi connectivity index (χ1v) is 8.53. The van der Waals surface area contributed by atoms with Gasteiger partial charge in [-0.05, 0) is 54.8 Å². The van der Waals surface area contributed by atoms with Gasteiger partial charge in [-0.15, -0.1) is 0 Å². The summed E-state index contributed by atoms with van der Waals surface area (Å²) >= 11 is 5.87. The molecule has 0 spiro atoms. The van der Waals surface area contributed by atoms with E-state index in [2.05, 4.69) is 46.4 Å². The van der Waals surface area contributed by atoms with Crippen LogP contribution in [0, 0.1) is 0 Å². The summed E-state index contributed by atoms with van der Waals surface area (Å²) in [6.07, 6.45) is 1.98. The van der Waals surface area contributed by atoms with E-state index in [1.807, 2.05) is 0 Å². The summed E-state index contributed by atoms with van der Waals surface area (Å²) in [6.45, 7) is 3.69. The SMILES string of the molecule is CCc1ccc(N2CCCN=C2NC(=O)c2ccc(Cl)cc2)cc1. The Balaban J connectivity index is 1.78. The van der Waals surface area contributed by atoms with E-state index < -0.39 is 0 Å². The molecule has 1 aliphatic rings. The number of aliphatic imine (C=N–C) groups is 1. The molecule has 0 aromatic heterocycles. The summed E-state index contributed by atoms with van der Waals surface area (Å²) in [5.41, 5.74) is 2.90. The number of hydrogen-bond acceptors (Lipinski definition) is 3. The molecule has 1 aliphatic heterocycles. The van der Waals surface area contributed by atoms with E-state index in [0.717, 1.165) is 31.6 Å². The highest BCUT2D eigenvalue weighted by Crippen LogP contribution is 2.18. The van der Waals surface area contributed by atoms with Crippen molar-refractivity contribution in [2.75, 3.05) is 18.0 Å². The highest BCUT2D eigenvalue weighted by Gasteiger charge is 2.19. The second-order valence-corrected chi connectivity index (χ2v) is 6.13. The Morgan fingerprint density at radius 1 is 1.17 bits per heavy atom. The van der Waals surface area contributed by atoms with Crippen molar-refractivity contribution in [1.82, 2.24) is 5.32 Å². The molecule has 5 heteroatoms. The van der Waals surface area contributed by atoms with Gasteiger partial charge in [0.05, 0.1) is 0 Å². The van der Waals surface area contributed by atoms with E-state index in [4.69, 9.17) is 11.6 Å². The van der Waals surface area contributed by atoms with E-state index in [1.165, 1.54) is 5.56 Å². The maximum absolute atomic E-state index is 12.4. The number of aryl methyl sites for hydroxylation is 1. The molecule has 124 valence electrons. The van der Waals surface area contributed by atoms with Crippen LogP contribution >= 0.6 is 11.6 Å². The lowest BCUT2D eigenvalue weighted by atomic mass is 10.1. The van der Waals surface area contributed by atoms with E-state index in [1.54, 1.807) is 24.3 Å². The first-order chi connectivity index (χ1) is 11.7. The Labute approximate surface area is 147 Å². The summed E-state index contributed by atoms with van der Waals surface area (Å²) < 4.78 is 0. The fourth-order valence-corrected chi connectivity index (χ4v) is 2.78. The summed E-state index contributed by atoms with van der Waals surface area (Å²) in [5.74, 6) is 0.424. The zero-order chi connectivity index (χ0) is 16.9. The molecule has 1 N–H and O–H groups in total. The number of nitrogens with zero attached hydrogens (tertiary/aromatic N) is 2. The maximum atomic E-state index is 12.4. The number of nitrogens with one attached hydrogen (secondary N) is 1. The monoisotopic (exact) mass is 341 g/mol. The zero-order valence-corrected chi connectivity index (χ0v) is 14.4. The van der Waals surface area contributed by atoms with Crippen LogP contribution in [0.4, 0.5) is 5.69 Å². The third kappa shape index (κ3) is 3.77. The number of halogens is 1. The van der Waals surface area contributed by atoms with Crippen LogP contribution in [0.3, 0.4) is 0 Å². The quantitative estimate of drug-likeness (QED) is 0.920. The molecular formula is C19H20ClN3O. The van der Waals surface area contributed by atoms with Crippen LogP contribution in [0.5, 0.6) is 0 Å². The van der Waals surface area contributed by atoms with Crippen LogP contribution in [0.15, 0.2) is 53.5 Å². The Morgan fingerprint density at radius 2 is 1.88 bits per heavy atom. The minimum atomic E-state index is -0.178. The van der Waals surface area contributed by atoms with E-state index in [0.29, 0.717) is 16.5 Å². The standard InChI is InChI=1S/C19H20ClN3O/c1-2-14-4-10-17(11-5-14)23-13-3-12-21-19(23)22-18(24)15-6-8-16(20)9-7-15/h4-11H,2-3,12-13H2,1H3,(H,21,22,24). The minimum absolute atomic E-state index is 0.178. The van der Waals surface area contributed by atoms with Gasteiger partial charge in [-0.1, -0.05) is 30.7 Å². The van der Waals surface area contributed by atoms with Gasteiger partial charge in [-0.3, -0.25) is 15.1 Å². The van der Waals surface area contributed by atoms with E-state index in [9.17, 15) is 4.79 Å². The molecule has 24 heavy (non-hydrogen) atoms. The van der Waals surface area contributed by atoms with E-state index >= 15 is 0 Å². The molecule has 1 amide bonds. The number of hydrogen-bond donors (Lipinski definition) is 1. The summed E-state index contributed by atoms with van der Waals surface area (Å²) in [4.78, 5) is 19.0. The topological polar surface area (TPSA) is 44.7 Å². The predicted octanol–water partition coefficient (Wildman–Crippen LogP) is 3.90. The van der Waals surface area contributed by atoms with Crippen molar-refractivity contribution in [3.8, 4) is 0 Å². The van der Waals surface area contributed by atoms with Crippen LogP contribution < -0.4 is 10.2 Å². The van der Waals surface area contributed by atoms with Crippen molar-refractivity contribution in [3.63, 3.8) is 0 Å². The highest BCUT2D eigenvalue weighted by molar-refractivity contribution is 6.30. The summed E-state index contributed by atoms with van der Waals surface area (Å²) in [5, 5.41) is 3.54. The average Bonchev–Trinajstić information content (AvgIpc) is 2.63. The lowest BCUT2D eigenvalue weighted by molar-refractivity contribution is 0.0976. The van der Waals surface area contributed by atoms with Crippen LogP contribution in [0.25, 0.3) is 0 Å². The van der Waals surface area contributed by atoms with Crippen molar-refractivity contribution in [2.45, 2.75) is 19.8 Å². The molecule has 0 radical (unpaired) electrons.